The van der Waals surface area contributed by atoms with Crippen LogP contribution in [0.1, 0.15) is 32.1 Å². The summed E-state index contributed by atoms with van der Waals surface area (Å²) in [5, 5.41) is 0. The third kappa shape index (κ3) is 1.40. The number of nitrogens with one attached hydrogen (secondary N) is 1. The SMILES string of the molecule is CN=C(NN)C1C2CC3CC(C2)CC1C3. The van der Waals surface area contributed by atoms with Gasteiger partial charge in [-0.3, -0.25) is 4.99 Å². The van der Waals surface area contributed by atoms with Crippen molar-refractivity contribution in [1.29, 1.82) is 0 Å². The second-order valence-electron chi connectivity index (χ2n) is 5.71. The normalized spacial score (nSPS) is 48.4. The molecule has 15 heavy (non-hydrogen) atoms. The van der Waals surface area contributed by atoms with Crippen molar-refractivity contribution in [3.05, 3.63) is 0 Å². The quantitative estimate of drug-likeness (QED) is 0.297. The van der Waals surface area contributed by atoms with Gasteiger partial charge in [-0.25, -0.2) is 5.84 Å². The van der Waals surface area contributed by atoms with Gasteiger partial charge in [0.2, 0.25) is 0 Å². The van der Waals surface area contributed by atoms with Crippen molar-refractivity contribution in [3.8, 4) is 0 Å². The van der Waals surface area contributed by atoms with Crippen molar-refractivity contribution in [2.45, 2.75) is 32.1 Å². The van der Waals surface area contributed by atoms with Crippen molar-refractivity contribution in [2.24, 2.45) is 40.4 Å². The lowest BCUT2D eigenvalue weighted by Crippen LogP contribution is -2.52. The first kappa shape index (κ1) is 9.64. The van der Waals surface area contributed by atoms with Gasteiger partial charge in [-0.2, -0.15) is 0 Å². The molecule has 0 aromatic heterocycles. The fourth-order valence-electron chi connectivity index (χ4n) is 4.68. The first-order valence-corrected chi connectivity index (χ1v) is 6.25. The van der Waals surface area contributed by atoms with E-state index in [1.165, 1.54) is 32.1 Å². The molecule has 4 saturated carbocycles. The number of aliphatic imine (C=N–C) groups is 1. The number of amidine groups is 1. The van der Waals surface area contributed by atoms with Gasteiger partial charge in [0.05, 0.1) is 0 Å². The summed E-state index contributed by atoms with van der Waals surface area (Å²) in [5.41, 5.74) is 2.83. The van der Waals surface area contributed by atoms with Crippen molar-refractivity contribution in [2.75, 3.05) is 7.05 Å². The maximum atomic E-state index is 5.58. The lowest BCUT2D eigenvalue weighted by Gasteiger charge is -2.54. The largest absolute Gasteiger partial charge is 0.312 e. The predicted octanol–water partition coefficient (Wildman–Crippen LogP) is 1.55. The number of rotatable bonds is 1. The lowest BCUT2D eigenvalue weighted by molar-refractivity contribution is -0.00948. The molecule has 4 aliphatic carbocycles. The fraction of sp³-hybridized carbons (Fsp3) is 0.917. The van der Waals surface area contributed by atoms with E-state index in [1.54, 1.807) is 0 Å². The van der Waals surface area contributed by atoms with Gasteiger partial charge >= 0.3 is 0 Å². The zero-order chi connectivity index (χ0) is 10.4. The molecule has 3 N–H and O–H groups in total. The van der Waals surface area contributed by atoms with Gasteiger partial charge in [0, 0.05) is 13.0 Å². The molecule has 0 spiro atoms. The molecule has 0 atom stereocenters. The highest BCUT2D eigenvalue weighted by atomic mass is 15.3. The smallest absolute Gasteiger partial charge is 0.114 e. The minimum Gasteiger partial charge on any atom is -0.312 e. The van der Waals surface area contributed by atoms with Crippen LogP contribution in [0.25, 0.3) is 0 Å². The molecule has 0 aromatic carbocycles. The third-order valence-electron chi connectivity index (χ3n) is 4.93. The maximum Gasteiger partial charge on any atom is 0.114 e. The molecule has 4 rings (SSSR count). The summed E-state index contributed by atoms with van der Waals surface area (Å²) in [7, 11) is 1.86. The molecule has 0 unspecified atom stereocenters. The van der Waals surface area contributed by atoms with Crippen LogP contribution in [-0.2, 0) is 0 Å². The molecule has 84 valence electrons. The Morgan fingerprint density at radius 2 is 1.60 bits per heavy atom. The molecule has 4 aliphatic rings. The summed E-state index contributed by atoms with van der Waals surface area (Å²) in [5.74, 6) is 11.1. The van der Waals surface area contributed by atoms with E-state index in [4.69, 9.17) is 5.84 Å². The summed E-state index contributed by atoms with van der Waals surface area (Å²) < 4.78 is 0. The highest BCUT2D eigenvalue weighted by molar-refractivity contribution is 5.84. The monoisotopic (exact) mass is 207 g/mol. The van der Waals surface area contributed by atoms with Crippen LogP contribution in [-0.4, -0.2) is 12.9 Å². The third-order valence-corrected chi connectivity index (χ3v) is 4.93. The first-order chi connectivity index (χ1) is 7.31. The van der Waals surface area contributed by atoms with E-state index in [0.29, 0.717) is 5.92 Å². The van der Waals surface area contributed by atoms with Crippen LogP contribution in [0, 0.1) is 29.6 Å². The molecule has 3 heteroatoms. The minimum atomic E-state index is 0.646. The van der Waals surface area contributed by atoms with E-state index in [1.807, 2.05) is 7.05 Å². The Kier molecular flexibility index (Phi) is 2.23. The zero-order valence-corrected chi connectivity index (χ0v) is 9.45. The summed E-state index contributed by atoms with van der Waals surface area (Å²) in [6, 6.07) is 0. The van der Waals surface area contributed by atoms with Gasteiger partial charge < -0.3 is 5.43 Å². The zero-order valence-electron chi connectivity index (χ0n) is 9.45. The Bertz CT molecular complexity index is 257. The summed E-state index contributed by atoms with van der Waals surface area (Å²) in [4.78, 5) is 4.33. The van der Waals surface area contributed by atoms with E-state index in [-0.39, 0.29) is 0 Å². The lowest BCUT2D eigenvalue weighted by atomic mass is 9.51. The second kappa shape index (κ2) is 3.48. The Morgan fingerprint density at radius 1 is 1.07 bits per heavy atom. The van der Waals surface area contributed by atoms with Crippen molar-refractivity contribution in [3.63, 3.8) is 0 Å². The summed E-state index contributed by atoms with van der Waals surface area (Å²) in [6.45, 7) is 0. The van der Waals surface area contributed by atoms with Crippen LogP contribution < -0.4 is 11.3 Å². The molecule has 3 nitrogen and oxygen atoms in total. The first-order valence-electron chi connectivity index (χ1n) is 6.25. The summed E-state index contributed by atoms with van der Waals surface area (Å²) in [6.07, 6.45) is 7.22. The molecule has 0 saturated heterocycles. The number of nitrogens with two attached hydrogens (primary N) is 1. The van der Waals surface area contributed by atoms with Gasteiger partial charge in [-0.15, -0.1) is 0 Å². The molecule has 0 aliphatic heterocycles. The number of nitrogens with zero attached hydrogens (tertiary/aromatic N) is 1. The molecule has 4 bridgehead atoms. The molecule has 0 radical (unpaired) electrons. The van der Waals surface area contributed by atoms with Gasteiger partial charge in [-0.05, 0) is 55.8 Å². The van der Waals surface area contributed by atoms with E-state index in [2.05, 4.69) is 10.4 Å². The topological polar surface area (TPSA) is 50.4 Å². The minimum absolute atomic E-state index is 0.646. The van der Waals surface area contributed by atoms with Crippen LogP contribution in [0.2, 0.25) is 0 Å². The molecular formula is C12H21N3. The summed E-state index contributed by atoms with van der Waals surface area (Å²) >= 11 is 0. The number of hydrazine groups is 1. The van der Waals surface area contributed by atoms with Gasteiger partial charge in [0.25, 0.3) is 0 Å². The van der Waals surface area contributed by atoms with Gasteiger partial charge in [0.1, 0.15) is 5.84 Å². The van der Waals surface area contributed by atoms with Crippen LogP contribution in [0.15, 0.2) is 4.99 Å². The van der Waals surface area contributed by atoms with Crippen LogP contribution in [0.5, 0.6) is 0 Å². The average molecular weight is 207 g/mol. The second-order valence-corrected chi connectivity index (χ2v) is 5.71. The van der Waals surface area contributed by atoms with E-state index in [9.17, 15) is 0 Å². The fourth-order valence-corrected chi connectivity index (χ4v) is 4.68. The highest BCUT2D eigenvalue weighted by Gasteiger charge is 2.49. The van der Waals surface area contributed by atoms with Crippen molar-refractivity contribution < 1.29 is 0 Å². The standard InChI is InChI=1S/C12H21N3/c1-14-12(15-13)11-9-3-7-2-8(5-9)6-10(11)4-7/h7-11H,2-6,13H2,1H3,(H,14,15). The molecule has 0 heterocycles. The Morgan fingerprint density at radius 3 is 2.00 bits per heavy atom. The van der Waals surface area contributed by atoms with E-state index < -0.39 is 0 Å². The van der Waals surface area contributed by atoms with Crippen molar-refractivity contribution in [1.82, 2.24) is 5.43 Å². The average Bonchev–Trinajstić information content (AvgIpc) is 2.22. The van der Waals surface area contributed by atoms with E-state index >= 15 is 0 Å². The van der Waals surface area contributed by atoms with Crippen LogP contribution >= 0.6 is 0 Å². The molecule has 4 fully saturated rings. The van der Waals surface area contributed by atoms with Gasteiger partial charge in [0.15, 0.2) is 0 Å². The molecular weight excluding hydrogens is 186 g/mol. The maximum absolute atomic E-state index is 5.58. The van der Waals surface area contributed by atoms with Crippen LogP contribution in [0.4, 0.5) is 0 Å². The Labute approximate surface area is 91.5 Å². The Balaban J connectivity index is 1.85. The number of hydrogen-bond donors (Lipinski definition) is 2. The predicted molar refractivity (Wildman–Crippen MR) is 61.2 cm³/mol. The molecule has 0 amide bonds. The highest BCUT2D eigenvalue weighted by Crippen LogP contribution is 2.56. The Hall–Kier alpha value is -0.570. The van der Waals surface area contributed by atoms with Gasteiger partial charge in [-0.1, -0.05) is 0 Å². The van der Waals surface area contributed by atoms with Crippen LogP contribution in [0.3, 0.4) is 0 Å². The van der Waals surface area contributed by atoms with Crippen molar-refractivity contribution >= 4 is 5.84 Å². The van der Waals surface area contributed by atoms with E-state index in [0.717, 1.165) is 29.5 Å². The number of hydrogen-bond acceptors (Lipinski definition) is 2. The molecule has 0 aromatic rings.